The molecule has 1 rings (SSSR count). The highest BCUT2D eigenvalue weighted by Crippen LogP contribution is 2.04. The summed E-state index contributed by atoms with van der Waals surface area (Å²) in [5.74, 6) is 0.209. The number of amides is 1. The van der Waals surface area contributed by atoms with Crippen molar-refractivity contribution in [3.8, 4) is 0 Å². The summed E-state index contributed by atoms with van der Waals surface area (Å²) in [6.45, 7) is 4.56. The number of hydrogen-bond donors (Lipinski definition) is 1. The van der Waals surface area contributed by atoms with Gasteiger partial charge >= 0.3 is 0 Å². The van der Waals surface area contributed by atoms with Crippen LogP contribution in [0, 0.1) is 5.92 Å². The Labute approximate surface area is 90.9 Å². The first-order chi connectivity index (χ1) is 7.24. The maximum atomic E-state index is 11.6. The lowest BCUT2D eigenvalue weighted by Crippen LogP contribution is -2.28. The first-order valence-corrected chi connectivity index (χ1v) is 5.41. The van der Waals surface area contributed by atoms with E-state index >= 15 is 0 Å². The van der Waals surface area contributed by atoms with Crippen LogP contribution in [0.25, 0.3) is 0 Å². The van der Waals surface area contributed by atoms with Crippen molar-refractivity contribution in [2.75, 3.05) is 0 Å². The molecule has 1 aromatic heterocycles. The van der Waals surface area contributed by atoms with E-state index < -0.39 is 0 Å². The van der Waals surface area contributed by atoms with Crippen molar-refractivity contribution in [2.24, 2.45) is 5.92 Å². The summed E-state index contributed by atoms with van der Waals surface area (Å²) in [6, 6.07) is 5.69. The minimum absolute atomic E-state index is 0.0960. The van der Waals surface area contributed by atoms with Crippen molar-refractivity contribution in [2.45, 2.75) is 33.2 Å². The fourth-order valence-corrected chi connectivity index (χ4v) is 1.42. The first kappa shape index (κ1) is 11.7. The summed E-state index contributed by atoms with van der Waals surface area (Å²) in [5.41, 5.74) is 0.898. The van der Waals surface area contributed by atoms with Crippen LogP contribution in [-0.4, -0.2) is 10.9 Å². The zero-order chi connectivity index (χ0) is 11.1. The van der Waals surface area contributed by atoms with Crippen molar-refractivity contribution in [1.29, 1.82) is 0 Å². The van der Waals surface area contributed by atoms with E-state index in [1.165, 1.54) is 0 Å². The molecule has 82 valence electrons. The van der Waals surface area contributed by atoms with Crippen LogP contribution in [0.1, 0.15) is 32.4 Å². The predicted octanol–water partition coefficient (Wildman–Crippen LogP) is 2.13. The smallest absolute Gasteiger partial charge is 0.223 e. The number of pyridine rings is 1. The number of nitrogens with zero attached hydrogens (tertiary/aromatic N) is 1. The normalized spacial score (nSPS) is 12.1. The van der Waals surface area contributed by atoms with Crippen LogP contribution in [0.5, 0.6) is 0 Å². The molecule has 1 atom stereocenters. The van der Waals surface area contributed by atoms with Gasteiger partial charge in [0, 0.05) is 12.1 Å². The van der Waals surface area contributed by atoms with E-state index in [9.17, 15) is 4.79 Å². The van der Waals surface area contributed by atoms with Crippen molar-refractivity contribution in [3.05, 3.63) is 30.1 Å². The van der Waals surface area contributed by atoms with Crippen molar-refractivity contribution < 1.29 is 4.79 Å². The van der Waals surface area contributed by atoms with Gasteiger partial charge in [-0.15, -0.1) is 0 Å². The number of rotatable bonds is 5. The first-order valence-electron chi connectivity index (χ1n) is 5.41. The summed E-state index contributed by atoms with van der Waals surface area (Å²) in [6.07, 6.45) is 3.71. The molecule has 3 heteroatoms. The van der Waals surface area contributed by atoms with E-state index in [0.717, 1.165) is 18.5 Å². The lowest BCUT2D eigenvalue weighted by atomic mass is 10.1. The Balaban J connectivity index is 2.34. The second-order valence-electron chi connectivity index (χ2n) is 3.73. The average Bonchev–Trinajstić information content (AvgIpc) is 2.27. The number of nitrogens with one attached hydrogen (secondary N) is 1. The summed E-state index contributed by atoms with van der Waals surface area (Å²) in [7, 11) is 0. The molecule has 0 fully saturated rings. The highest BCUT2D eigenvalue weighted by Gasteiger charge is 2.10. The molecule has 0 saturated carbocycles. The van der Waals surface area contributed by atoms with E-state index in [1.54, 1.807) is 6.20 Å². The number of carbonyl (C=O) groups excluding carboxylic acids is 1. The quantitative estimate of drug-likeness (QED) is 0.802. The third-order valence-electron chi connectivity index (χ3n) is 2.34. The minimum Gasteiger partial charge on any atom is -0.350 e. The Morgan fingerprint density at radius 1 is 1.53 bits per heavy atom. The largest absolute Gasteiger partial charge is 0.350 e. The minimum atomic E-state index is 0.0960. The SMILES string of the molecule is CCCC(C)C(=O)NCc1ccccn1. The third-order valence-corrected chi connectivity index (χ3v) is 2.34. The Hall–Kier alpha value is -1.38. The van der Waals surface area contributed by atoms with Gasteiger partial charge in [0.15, 0.2) is 0 Å². The van der Waals surface area contributed by atoms with Gasteiger partial charge in [0.2, 0.25) is 5.91 Å². The van der Waals surface area contributed by atoms with Gasteiger partial charge in [0.05, 0.1) is 12.2 Å². The molecule has 0 aliphatic heterocycles. The fourth-order valence-electron chi connectivity index (χ4n) is 1.42. The van der Waals surface area contributed by atoms with Crippen LogP contribution in [-0.2, 0) is 11.3 Å². The summed E-state index contributed by atoms with van der Waals surface area (Å²) >= 11 is 0. The molecule has 0 spiro atoms. The topological polar surface area (TPSA) is 42.0 Å². The number of aromatic nitrogens is 1. The Morgan fingerprint density at radius 3 is 2.93 bits per heavy atom. The molecule has 0 aliphatic rings. The second kappa shape index (κ2) is 6.17. The molecule has 0 radical (unpaired) electrons. The predicted molar refractivity (Wildman–Crippen MR) is 60.2 cm³/mol. The molecule has 1 aromatic rings. The van der Waals surface area contributed by atoms with E-state index in [4.69, 9.17) is 0 Å². The highest BCUT2D eigenvalue weighted by molar-refractivity contribution is 5.78. The van der Waals surface area contributed by atoms with Gasteiger partial charge in [-0.25, -0.2) is 0 Å². The molecule has 0 aromatic carbocycles. The second-order valence-corrected chi connectivity index (χ2v) is 3.73. The summed E-state index contributed by atoms with van der Waals surface area (Å²) < 4.78 is 0. The van der Waals surface area contributed by atoms with Gasteiger partial charge < -0.3 is 5.32 Å². The van der Waals surface area contributed by atoms with E-state index in [2.05, 4.69) is 17.2 Å². The van der Waals surface area contributed by atoms with E-state index in [0.29, 0.717) is 6.54 Å². The molecular formula is C12H18N2O. The molecule has 1 heterocycles. The molecule has 0 saturated heterocycles. The van der Waals surface area contributed by atoms with E-state index in [-0.39, 0.29) is 11.8 Å². The maximum absolute atomic E-state index is 11.6. The number of hydrogen-bond acceptors (Lipinski definition) is 2. The summed E-state index contributed by atoms with van der Waals surface area (Å²) in [5, 5.41) is 2.88. The maximum Gasteiger partial charge on any atom is 0.223 e. The lowest BCUT2D eigenvalue weighted by Gasteiger charge is -2.10. The van der Waals surface area contributed by atoms with Gasteiger partial charge in [-0.05, 0) is 18.6 Å². The Morgan fingerprint density at radius 2 is 2.33 bits per heavy atom. The highest BCUT2D eigenvalue weighted by atomic mass is 16.1. The molecule has 1 unspecified atom stereocenters. The van der Waals surface area contributed by atoms with Crippen LogP contribution in [0.3, 0.4) is 0 Å². The molecular weight excluding hydrogens is 188 g/mol. The van der Waals surface area contributed by atoms with Crippen LogP contribution in [0.15, 0.2) is 24.4 Å². The van der Waals surface area contributed by atoms with Gasteiger partial charge in [-0.2, -0.15) is 0 Å². The Bertz CT molecular complexity index is 298. The molecule has 0 bridgehead atoms. The Kier molecular flexibility index (Phi) is 4.81. The van der Waals surface area contributed by atoms with Crippen LogP contribution in [0.4, 0.5) is 0 Å². The zero-order valence-electron chi connectivity index (χ0n) is 9.36. The fraction of sp³-hybridized carbons (Fsp3) is 0.500. The van der Waals surface area contributed by atoms with Crippen LogP contribution in [0.2, 0.25) is 0 Å². The van der Waals surface area contributed by atoms with Gasteiger partial charge in [-0.3, -0.25) is 9.78 Å². The van der Waals surface area contributed by atoms with Crippen LogP contribution < -0.4 is 5.32 Å². The van der Waals surface area contributed by atoms with Crippen molar-refractivity contribution in [1.82, 2.24) is 10.3 Å². The van der Waals surface area contributed by atoms with Crippen molar-refractivity contribution >= 4 is 5.91 Å². The lowest BCUT2D eigenvalue weighted by molar-refractivity contribution is -0.124. The summed E-state index contributed by atoms with van der Waals surface area (Å²) in [4.78, 5) is 15.7. The molecule has 1 amide bonds. The standard InChI is InChI=1S/C12H18N2O/c1-3-6-10(2)12(15)14-9-11-7-4-5-8-13-11/h4-5,7-8,10H,3,6,9H2,1-2H3,(H,14,15). The van der Waals surface area contributed by atoms with Gasteiger partial charge in [0.1, 0.15) is 0 Å². The molecule has 0 aliphatic carbocycles. The zero-order valence-corrected chi connectivity index (χ0v) is 9.36. The van der Waals surface area contributed by atoms with Gasteiger partial charge in [0.25, 0.3) is 0 Å². The molecule has 15 heavy (non-hydrogen) atoms. The third kappa shape index (κ3) is 4.11. The van der Waals surface area contributed by atoms with Crippen LogP contribution >= 0.6 is 0 Å². The van der Waals surface area contributed by atoms with Crippen molar-refractivity contribution in [3.63, 3.8) is 0 Å². The monoisotopic (exact) mass is 206 g/mol. The number of carbonyl (C=O) groups is 1. The molecule has 1 N–H and O–H groups in total. The van der Waals surface area contributed by atoms with Gasteiger partial charge in [-0.1, -0.05) is 26.3 Å². The van der Waals surface area contributed by atoms with E-state index in [1.807, 2.05) is 25.1 Å². The average molecular weight is 206 g/mol. The molecule has 3 nitrogen and oxygen atoms in total.